The molecule has 2 aromatic rings. The summed E-state index contributed by atoms with van der Waals surface area (Å²) < 4.78 is 33.1. The maximum atomic E-state index is 10.6. The number of alkyl halides is 3. The Kier molecular flexibility index (Phi) is 5.61. The third-order valence-corrected chi connectivity index (χ3v) is 4.46. The molecule has 1 aromatic heterocycles. The van der Waals surface area contributed by atoms with Crippen molar-refractivity contribution in [1.29, 1.82) is 0 Å². The van der Waals surface area contributed by atoms with Crippen molar-refractivity contribution in [3.63, 3.8) is 0 Å². The number of carbonyl (C=O) groups is 1. The third kappa shape index (κ3) is 4.92. The molecule has 1 aliphatic rings. The molecule has 4 nitrogen and oxygen atoms in total. The van der Waals surface area contributed by atoms with Crippen molar-refractivity contribution in [2.24, 2.45) is 0 Å². The van der Waals surface area contributed by atoms with Crippen LogP contribution in [0.4, 0.5) is 13.2 Å². The average molecular weight is 347 g/mol. The number of β-amino-alcohol motifs (C(OH)–C–C–N with tert-alkyl or cyclic N) is 1. The zero-order valence-electron chi connectivity index (χ0n) is 12.1. The molecule has 0 saturated carbocycles. The summed E-state index contributed by atoms with van der Waals surface area (Å²) in [6, 6.07) is 8.54. The van der Waals surface area contributed by atoms with E-state index in [4.69, 9.17) is 9.90 Å². The highest BCUT2D eigenvalue weighted by molar-refractivity contribution is 7.17. The van der Waals surface area contributed by atoms with Crippen LogP contribution < -0.4 is 0 Å². The number of aliphatic hydroxyl groups excluding tert-OH is 1. The number of halogens is 3. The van der Waals surface area contributed by atoms with Crippen LogP contribution in [0.2, 0.25) is 0 Å². The molecule has 2 N–H and O–H groups in total. The zero-order valence-corrected chi connectivity index (χ0v) is 12.9. The van der Waals surface area contributed by atoms with E-state index in [1.54, 1.807) is 0 Å². The zero-order chi connectivity index (χ0) is 17.0. The number of nitrogens with zero attached hydrogens (tertiary/aromatic N) is 1. The third-order valence-electron chi connectivity index (χ3n) is 3.45. The van der Waals surface area contributed by atoms with Crippen molar-refractivity contribution in [2.75, 3.05) is 13.1 Å². The van der Waals surface area contributed by atoms with E-state index in [0.29, 0.717) is 0 Å². The van der Waals surface area contributed by atoms with Gasteiger partial charge in [0.25, 0.3) is 0 Å². The molecule has 1 fully saturated rings. The molecule has 0 unspecified atom stereocenters. The molecule has 2 heterocycles. The highest BCUT2D eigenvalue weighted by Gasteiger charge is 2.38. The van der Waals surface area contributed by atoms with Gasteiger partial charge in [-0.3, -0.25) is 4.90 Å². The van der Waals surface area contributed by atoms with Crippen molar-refractivity contribution >= 4 is 27.4 Å². The van der Waals surface area contributed by atoms with Gasteiger partial charge in [-0.25, -0.2) is 4.79 Å². The van der Waals surface area contributed by atoms with Gasteiger partial charge in [0.1, 0.15) is 0 Å². The quantitative estimate of drug-likeness (QED) is 0.876. The van der Waals surface area contributed by atoms with Crippen molar-refractivity contribution in [2.45, 2.75) is 25.2 Å². The molecule has 0 spiro atoms. The second-order valence-electron chi connectivity index (χ2n) is 5.24. The van der Waals surface area contributed by atoms with Crippen LogP contribution >= 0.6 is 11.3 Å². The summed E-state index contributed by atoms with van der Waals surface area (Å²) in [5, 5.41) is 20.2. The first-order valence-electron chi connectivity index (χ1n) is 6.93. The van der Waals surface area contributed by atoms with Gasteiger partial charge < -0.3 is 10.2 Å². The fourth-order valence-corrected chi connectivity index (χ4v) is 3.31. The lowest BCUT2D eigenvalue weighted by atomic mass is 10.2. The van der Waals surface area contributed by atoms with Crippen LogP contribution in [0.5, 0.6) is 0 Å². The van der Waals surface area contributed by atoms with Crippen LogP contribution in [0.1, 0.15) is 12.0 Å². The number of carboxylic acid groups (broad SMARTS) is 1. The first-order chi connectivity index (χ1) is 10.8. The average Bonchev–Trinajstić information content (AvgIpc) is 3.06. The monoisotopic (exact) mass is 347 g/mol. The minimum Gasteiger partial charge on any atom is -0.475 e. The Hall–Kier alpha value is -1.64. The molecule has 1 aromatic carbocycles. The van der Waals surface area contributed by atoms with Gasteiger partial charge in [-0.05, 0) is 28.8 Å². The minimum absolute atomic E-state index is 0.120. The largest absolute Gasteiger partial charge is 0.490 e. The van der Waals surface area contributed by atoms with Gasteiger partial charge in [0.15, 0.2) is 0 Å². The molecule has 23 heavy (non-hydrogen) atoms. The van der Waals surface area contributed by atoms with Crippen molar-refractivity contribution in [1.82, 2.24) is 4.90 Å². The second kappa shape index (κ2) is 7.29. The summed E-state index contributed by atoms with van der Waals surface area (Å²) in [5.41, 5.74) is 1.40. The standard InChI is InChI=1S/C13H15NOS.C2HF3O2/c15-11-5-6-14(8-11)7-10-9-16-13-4-2-1-3-12(10)13;3-2(4,5)1(6)7/h1-4,9,11,15H,5-8H2;(H,6,7)/t11-;/m1./s1. The van der Waals surface area contributed by atoms with Crippen LogP contribution in [-0.4, -0.2) is 46.5 Å². The smallest absolute Gasteiger partial charge is 0.475 e. The SMILES string of the molecule is O=C(O)C(F)(F)F.O[C@@H]1CCN(Cc2csc3ccccc23)C1. The highest BCUT2D eigenvalue weighted by Crippen LogP contribution is 2.27. The molecular formula is C15H16F3NO3S. The number of rotatable bonds is 2. The Balaban J connectivity index is 0.000000236. The second-order valence-corrected chi connectivity index (χ2v) is 6.15. The van der Waals surface area contributed by atoms with Gasteiger partial charge in [0.05, 0.1) is 6.10 Å². The Labute approximate surface area is 134 Å². The number of aliphatic carboxylic acids is 1. The van der Waals surface area contributed by atoms with Gasteiger partial charge >= 0.3 is 12.1 Å². The van der Waals surface area contributed by atoms with Crippen LogP contribution in [0.3, 0.4) is 0 Å². The summed E-state index contributed by atoms with van der Waals surface area (Å²) in [7, 11) is 0. The fourth-order valence-electron chi connectivity index (χ4n) is 2.35. The number of benzene rings is 1. The number of aliphatic hydroxyl groups is 1. The molecule has 126 valence electrons. The van der Waals surface area contributed by atoms with E-state index in [-0.39, 0.29) is 6.10 Å². The van der Waals surface area contributed by atoms with Crippen molar-refractivity contribution in [3.05, 3.63) is 35.2 Å². The van der Waals surface area contributed by atoms with Crippen LogP contribution in [0.25, 0.3) is 10.1 Å². The van der Waals surface area contributed by atoms with E-state index >= 15 is 0 Å². The molecule has 0 amide bonds. The molecule has 1 aliphatic heterocycles. The topological polar surface area (TPSA) is 60.8 Å². The summed E-state index contributed by atoms with van der Waals surface area (Å²) in [6.07, 6.45) is -4.29. The molecule has 1 atom stereocenters. The Morgan fingerprint density at radius 1 is 1.35 bits per heavy atom. The normalized spacial score (nSPS) is 18.7. The van der Waals surface area contributed by atoms with Crippen LogP contribution in [0.15, 0.2) is 29.6 Å². The fraction of sp³-hybridized carbons (Fsp3) is 0.400. The van der Waals surface area contributed by atoms with Gasteiger partial charge in [0.2, 0.25) is 0 Å². The van der Waals surface area contributed by atoms with Crippen LogP contribution in [0, 0.1) is 0 Å². The molecule has 0 bridgehead atoms. The minimum atomic E-state index is -5.08. The molecule has 0 radical (unpaired) electrons. The predicted molar refractivity (Wildman–Crippen MR) is 81.4 cm³/mol. The van der Waals surface area contributed by atoms with E-state index in [2.05, 4.69) is 34.5 Å². The van der Waals surface area contributed by atoms with E-state index in [1.807, 2.05) is 11.3 Å². The molecule has 0 aliphatic carbocycles. The number of hydrogen-bond acceptors (Lipinski definition) is 4. The predicted octanol–water partition coefficient (Wildman–Crippen LogP) is 3.10. The van der Waals surface area contributed by atoms with Gasteiger partial charge in [0, 0.05) is 24.3 Å². The van der Waals surface area contributed by atoms with E-state index in [0.717, 1.165) is 26.1 Å². The number of carboxylic acids is 1. The first kappa shape index (κ1) is 17.7. The number of fused-ring (bicyclic) bond motifs is 1. The molecule has 8 heteroatoms. The van der Waals surface area contributed by atoms with Crippen molar-refractivity contribution < 1.29 is 28.2 Å². The first-order valence-corrected chi connectivity index (χ1v) is 7.81. The Bertz CT molecular complexity index is 671. The lowest BCUT2D eigenvalue weighted by Crippen LogP contribution is -2.21. The van der Waals surface area contributed by atoms with Crippen LogP contribution in [-0.2, 0) is 11.3 Å². The molecule has 3 rings (SSSR count). The number of thiophene rings is 1. The summed E-state index contributed by atoms with van der Waals surface area (Å²) >= 11 is 1.81. The van der Waals surface area contributed by atoms with E-state index < -0.39 is 12.1 Å². The summed E-state index contributed by atoms with van der Waals surface area (Å²) in [4.78, 5) is 11.2. The summed E-state index contributed by atoms with van der Waals surface area (Å²) in [5.74, 6) is -2.76. The maximum Gasteiger partial charge on any atom is 0.490 e. The lowest BCUT2D eigenvalue weighted by Gasteiger charge is -2.13. The van der Waals surface area contributed by atoms with Gasteiger partial charge in [-0.15, -0.1) is 11.3 Å². The van der Waals surface area contributed by atoms with Gasteiger partial charge in [-0.2, -0.15) is 13.2 Å². The molecular weight excluding hydrogens is 331 g/mol. The molecule has 1 saturated heterocycles. The maximum absolute atomic E-state index is 10.6. The van der Waals surface area contributed by atoms with E-state index in [1.165, 1.54) is 15.6 Å². The highest BCUT2D eigenvalue weighted by atomic mass is 32.1. The number of likely N-dealkylation sites (tertiary alicyclic amines) is 1. The Morgan fingerprint density at radius 2 is 2.00 bits per heavy atom. The lowest BCUT2D eigenvalue weighted by molar-refractivity contribution is -0.192. The number of hydrogen-bond donors (Lipinski definition) is 2. The van der Waals surface area contributed by atoms with Crippen molar-refractivity contribution in [3.8, 4) is 0 Å². The van der Waals surface area contributed by atoms with E-state index in [9.17, 15) is 18.3 Å². The summed E-state index contributed by atoms with van der Waals surface area (Å²) in [6.45, 7) is 2.82. The Morgan fingerprint density at radius 3 is 2.57 bits per heavy atom. The van der Waals surface area contributed by atoms with Gasteiger partial charge in [-0.1, -0.05) is 18.2 Å².